The van der Waals surface area contributed by atoms with E-state index in [1.165, 1.54) is 6.42 Å². The van der Waals surface area contributed by atoms with Crippen molar-refractivity contribution in [3.8, 4) is 0 Å². The zero-order valence-electron chi connectivity index (χ0n) is 10.6. The normalized spacial score (nSPS) is 30.4. The molecule has 1 aliphatic carbocycles. The van der Waals surface area contributed by atoms with Gasteiger partial charge in [0.1, 0.15) is 0 Å². The van der Waals surface area contributed by atoms with Crippen LogP contribution in [0.1, 0.15) is 32.1 Å². The van der Waals surface area contributed by atoms with Gasteiger partial charge < -0.3 is 10.2 Å². The smallest absolute Gasteiger partial charge is 0.249 e. The Morgan fingerprint density at radius 1 is 1.17 bits per heavy atom. The van der Waals surface area contributed by atoms with Gasteiger partial charge in [0.05, 0.1) is 0 Å². The maximum absolute atomic E-state index is 12.8. The Labute approximate surface area is 106 Å². The Kier molecular flexibility index (Phi) is 2.84. The molecule has 0 aromatic heterocycles. The molecule has 2 heterocycles. The molecule has 0 bridgehead atoms. The number of piperidine rings is 1. The van der Waals surface area contributed by atoms with Crippen molar-refractivity contribution in [3.05, 3.63) is 0 Å². The van der Waals surface area contributed by atoms with Crippen LogP contribution in [0.15, 0.2) is 0 Å². The number of halogens is 2. The van der Waals surface area contributed by atoms with E-state index < -0.39 is 11.8 Å². The SMILES string of the molecule is O=C(C1CC(F)(F)C1)N1CCC2(CCNC2)CC1. The minimum absolute atomic E-state index is 0.0401. The summed E-state index contributed by atoms with van der Waals surface area (Å²) in [5, 5.41) is 3.38. The van der Waals surface area contributed by atoms with Gasteiger partial charge in [0.25, 0.3) is 0 Å². The zero-order chi connectivity index (χ0) is 12.8. The first-order valence-electron chi connectivity index (χ1n) is 6.87. The second-order valence-corrected chi connectivity index (χ2v) is 6.21. The zero-order valence-corrected chi connectivity index (χ0v) is 10.6. The summed E-state index contributed by atoms with van der Waals surface area (Å²) in [5.74, 6) is -3.05. The Hall–Kier alpha value is -0.710. The minimum Gasteiger partial charge on any atom is -0.342 e. The summed E-state index contributed by atoms with van der Waals surface area (Å²) < 4.78 is 25.6. The molecule has 18 heavy (non-hydrogen) atoms. The molecular weight excluding hydrogens is 238 g/mol. The number of amides is 1. The first-order chi connectivity index (χ1) is 8.50. The highest BCUT2D eigenvalue weighted by molar-refractivity contribution is 5.80. The van der Waals surface area contributed by atoms with Crippen molar-refractivity contribution in [1.29, 1.82) is 0 Å². The predicted octanol–water partition coefficient (Wildman–Crippen LogP) is 1.63. The number of alkyl halides is 2. The maximum atomic E-state index is 12.8. The third-order valence-electron chi connectivity index (χ3n) is 4.91. The van der Waals surface area contributed by atoms with Crippen LogP contribution in [0.25, 0.3) is 0 Å². The largest absolute Gasteiger partial charge is 0.342 e. The molecule has 102 valence electrons. The fourth-order valence-corrected chi connectivity index (χ4v) is 3.52. The summed E-state index contributed by atoms with van der Waals surface area (Å²) in [7, 11) is 0. The van der Waals surface area contributed by atoms with Crippen molar-refractivity contribution in [2.45, 2.75) is 38.0 Å². The lowest BCUT2D eigenvalue weighted by atomic mass is 9.76. The van der Waals surface area contributed by atoms with E-state index in [-0.39, 0.29) is 18.7 Å². The highest BCUT2D eigenvalue weighted by atomic mass is 19.3. The fourth-order valence-electron chi connectivity index (χ4n) is 3.52. The molecular formula is C13H20F2N2O. The number of carbonyl (C=O) groups is 1. The lowest BCUT2D eigenvalue weighted by Gasteiger charge is -2.42. The van der Waals surface area contributed by atoms with Crippen LogP contribution in [0, 0.1) is 11.3 Å². The van der Waals surface area contributed by atoms with Crippen molar-refractivity contribution in [3.63, 3.8) is 0 Å². The molecule has 0 radical (unpaired) electrons. The van der Waals surface area contributed by atoms with Gasteiger partial charge in [-0.3, -0.25) is 4.79 Å². The van der Waals surface area contributed by atoms with Crippen LogP contribution in [0.4, 0.5) is 8.78 Å². The first kappa shape index (κ1) is 12.3. The third-order valence-corrected chi connectivity index (χ3v) is 4.91. The van der Waals surface area contributed by atoms with Gasteiger partial charge in [-0.25, -0.2) is 8.78 Å². The molecule has 5 heteroatoms. The van der Waals surface area contributed by atoms with E-state index in [2.05, 4.69) is 5.32 Å². The lowest BCUT2D eigenvalue weighted by Crippen LogP contribution is -2.50. The Bertz CT molecular complexity index is 335. The van der Waals surface area contributed by atoms with Gasteiger partial charge in [-0.05, 0) is 31.2 Å². The van der Waals surface area contributed by atoms with E-state index in [1.54, 1.807) is 0 Å². The van der Waals surface area contributed by atoms with Gasteiger partial charge >= 0.3 is 0 Å². The van der Waals surface area contributed by atoms with Crippen molar-refractivity contribution < 1.29 is 13.6 Å². The molecule has 1 amide bonds. The number of rotatable bonds is 1. The average Bonchev–Trinajstić information content (AvgIpc) is 2.74. The van der Waals surface area contributed by atoms with Gasteiger partial charge in [0.2, 0.25) is 11.8 Å². The number of hydrogen-bond acceptors (Lipinski definition) is 2. The highest BCUT2D eigenvalue weighted by Gasteiger charge is 2.50. The molecule has 0 aromatic rings. The monoisotopic (exact) mass is 258 g/mol. The summed E-state index contributed by atoms with van der Waals surface area (Å²) in [6.07, 6.45) is 2.75. The van der Waals surface area contributed by atoms with Crippen molar-refractivity contribution >= 4 is 5.91 Å². The molecule has 2 aliphatic heterocycles. The predicted molar refractivity (Wildman–Crippen MR) is 63.4 cm³/mol. The molecule has 3 fully saturated rings. The molecule has 1 spiro atoms. The second-order valence-electron chi connectivity index (χ2n) is 6.21. The summed E-state index contributed by atoms with van der Waals surface area (Å²) >= 11 is 0. The van der Waals surface area contributed by atoms with E-state index in [9.17, 15) is 13.6 Å². The number of nitrogens with one attached hydrogen (secondary N) is 1. The van der Waals surface area contributed by atoms with Crippen LogP contribution in [0.5, 0.6) is 0 Å². The van der Waals surface area contributed by atoms with Gasteiger partial charge in [-0.15, -0.1) is 0 Å². The van der Waals surface area contributed by atoms with Crippen LogP contribution < -0.4 is 5.32 Å². The molecule has 3 aliphatic rings. The Morgan fingerprint density at radius 2 is 1.83 bits per heavy atom. The van der Waals surface area contributed by atoms with Crippen LogP contribution in [-0.2, 0) is 4.79 Å². The molecule has 0 unspecified atom stereocenters. The van der Waals surface area contributed by atoms with E-state index >= 15 is 0 Å². The topological polar surface area (TPSA) is 32.3 Å². The molecule has 3 nitrogen and oxygen atoms in total. The first-order valence-corrected chi connectivity index (χ1v) is 6.87. The van der Waals surface area contributed by atoms with Crippen LogP contribution in [-0.4, -0.2) is 42.9 Å². The lowest BCUT2D eigenvalue weighted by molar-refractivity contribution is -0.161. The number of likely N-dealkylation sites (tertiary alicyclic amines) is 1. The van der Waals surface area contributed by atoms with E-state index in [1.807, 2.05) is 4.90 Å². The summed E-state index contributed by atoms with van der Waals surface area (Å²) in [6, 6.07) is 0. The molecule has 3 rings (SSSR count). The summed E-state index contributed by atoms with van der Waals surface area (Å²) in [5.41, 5.74) is 0.375. The van der Waals surface area contributed by atoms with Crippen molar-refractivity contribution in [2.75, 3.05) is 26.2 Å². The molecule has 2 saturated heterocycles. The molecule has 1 N–H and O–H groups in total. The number of nitrogens with zero attached hydrogens (tertiary/aromatic N) is 1. The van der Waals surface area contributed by atoms with Crippen LogP contribution in [0.3, 0.4) is 0 Å². The second kappa shape index (κ2) is 4.15. The minimum atomic E-state index is -2.59. The van der Waals surface area contributed by atoms with Crippen molar-refractivity contribution in [1.82, 2.24) is 10.2 Å². The standard InChI is InChI=1S/C13H20F2N2O/c14-13(15)7-10(8-13)11(18)17-5-2-12(3-6-17)1-4-16-9-12/h10,16H,1-9H2. The van der Waals surface area contributed by atoms with Crippen molar-refractivity contribution in [2.24, 2.45) is 11.3 Å². The molecule has 1 saturated carbocycles. The molecule has 0 atom stereocenters. The number of hydrogen-bond donors (Lipinski definition) is 1. The maximum Gasteiger partial charge on any atom is 0.249 e. The van der Waals surface area contributed by atoms with E-state index in [0.29, 0.717) is 5.41 Å². The Morgan fingerprint density at radius 3 is 2.33 bits per heavy atom. The molecule has 0 aromatic carbocycles. The van der Waals surface area contributed by atoms with Gasteiger partial charge in [0.15, 0.2) is 0 Å². The summed E-state index contributed by atoms with van der Waals surface area (Å²) in [6.45, 7) is 3.63. The highest BCUT2D eigenvalue weighted by Crippen LogP contribution is 2.44. The third kappa shape index (κ3) is 2.13. The number of carbonyl (C=O) groups excluding carboxylic acids is 1. The van der Waals surface area contributed by atoms with Crippen LogP contribution in [0.2, 0.25) is 0 Å². The fraction of sp³-hybridized carbons (Fsp3) is 0.923. The van der Waals surface area contributed by atoms with E-state index in [0.717, 1.165) is 39.0 Å². The summed E-state index contributed by atoms with van der Waals surface area (Å²) in [4.78, 5) is 13.9. The van der Waals surface area contributed by atoms with Gasteiger partial charge in [-0.2, -0.15) is 0 Å². The van der Waals surface area contributed by atoms with Crippen LogP contribution >= 0.6 is 0 Å². The van der Waals surface area contributed by atoms with Gasteiger partial charge in [0, 0.05) is 38.4 Å². The average molecular weight is 258 g/mol. The quantitative estimate of drug-likeness (QED) is 0.775. The van der Waals surface area contributed by atoms with Gasteiger partial charge in [-0.1, -0.05) is 0 Å². The van der Waals surface area contributed by atoms with E-state index in [4.69, 9.17) is 0 Å². The Balaban J connectivity index is 1.52.